The molecule has 2 aliphatic rings. The van der Waals surface area contributed by atoms with Crippen LogP contribution >= 0.6 is 0 Å². The Morgan fingerprint density at radius 2 is 2.00 bits per heavy atom. The van der Waals surface area contributed by atoms with Crippen LogP contribution in [-0.4, -0.2) is 24.0 Å². The Bertz CT molecular complexity index is 450. The van der Waals surface area contributed by atoms with Crippen LogP contribution in [0.3, 0.4) is 0 Å². The van der Waals surface area contributed by atoms with Gasteiger partial charge in [-0.15, -0.1) is 0 Å². The van der Waals surface area contributed by atoms with E-state index >= 15 is 0 Å². The van der Waals surface area contributed by atoms with E-state index in [-0.39, 0.29) is 5.54 Å². The van der Waals surface area contributed by atoms with E-state index in [2.05, 4.69) is 36.1 Å². The molecule has 0 aromatic heterocycles. The van der Waals surface area contributed by atoms with Crippen molar-refractivity contribution in [3.05, 3.63) is 35.4 Å². The van der Waals surface area contributed by atoms with Gasteiger partial charge < -0.3 is 5.73 Å². The lowest BCUT2D eigenvalue weighted by molar-refractivity contribution is 0.117. The van der Waals surface area contributed by atoms with Gasteiger partial charge in [0.25, 0.3) is 0 Å². The normalized spacial score (nSPS) is 30.4. The van der Waals surface area contributed by atoms with Crippen LogP contribution in [0.2, 0.25) is 0 Å². The molecule has 1 aliphatic carbocycles. The third-order valence-electron chi connectivity index (χ3n) is 5.33. The topological polar surface area (TPSA) is 29.3 Å². The van der Waals surface area contributed by atoms with Crippen molar-refractivity contribution in [2.75, 3.05) is 13.1 Å². The second-order valence-electron chi connectivity index (χ2n) is 6.60. The van der Waals surface area contributed by atoms with Gasteiger partial charge in [0.05, 0.1) is 5.54 Å². The van der Waals surface area contributed by atoms with Crippen LogP contribution in [0.1, 0.15) is 56.6 Å². The Balaban J connectivity index is 1.94. The van der Waals surface area contributed by atoms with Gasteiger partial charge in [0.1, 0.15) is 0 Å². The van der Waals surface area contributed by atoms with Gasteiger partial charge in [-0.1, -0.05) is 44.0 Å². The van der Waals surface area contributed by atoms with Crippen molar-refractivity contribution < 1.29 is 0 Å². The van der Waals surface area contributed by atoms with E-state index in [9.17, 15) is 0 Å². The molecule has 1 saturated heterocycles. The second-order valence-corrected chi connectivity index (χ2v) is 6.60. The van der Waals surface area contributed by atoms with E-state index in [1.165, 1.54) is 62.7 Å². The van der Waals surface area contributed by atoms with Crippen molar-refractivity contribution >= 4 is 0 Å². The molecule has 0 radical (unpaired) electrons. The summed E-state index contributed by atoms with van der Waals surface area (Å²) in [4.78, 5) is 2.67. The number of benzene rings is 1. The zero-order chi connectivity index (χ0) is 14.0. The third-order valence-corrected chi connectivity index (χ3v) is 5.33. The van der Waals surface area contributed by atoms with Gasteiger partial charge in [0, 0.05) is 6.04 Å². The lowest BCUT2D eigenvalue weighted by atomic mass is 9.70. The molecule has 2 N–H and O–H groups in total. The van der Waals surface area contributed by atoms with Crippen molar-refractivity contribution in [1.82, 2.24) is 4.90 Å². The summed E-state index contributed by atoms with van der Waals surface area (Å²) in [7, 11) is 0. The Kier molecular flexibility index (Phi) is 4.13. The van der Waals surface area contributed by atoms with Crippen LogP contribution in [0.25, 0.3) is 0 Å². The Hall–Kier alpha value is -0.860. The minimum atomic E-state index is -0.130. The summed E-state index contributed by atoms with van der Waals surface area (Å²) < 4.78 is 0. The largest absolute Gasteiger partial charge is 0.320 e. The average molecular weight is 272 g/mol. The molecule has 20 heavy (non-hydrogen) atoms. The van der Waals surface area contributed by atoms with E-state index < -0.39 is 0 Å². The lowest BCUT2D eigenvalue weighted by Gasteiger charge is -2.47. The molecule has 2 atom stereocenters. The maximum Gasteiger partial charge on any atom is 0.0570 e. The minimum absolute atomic E-state index is 0.130. The van der Waals surface area contributed by atoms with Gasteiger partial charge in [0.2, 0.25) is 0 Å². The SMILES string of the molecule is CCCCC1(N)c2ccccc2CCC1N1CCCC1. The zero-order valence-electron chi connectivity index (χ0n) is 12.8. The highest BCUT2D eigenvalue weighted by atomic mass is 15.2. The van der Waals surface area contributed by atoms with Crippen LogP contribution < -0.4 is 5.73 Å². The molecule has 0 amide bonds. The molecule has 1 fully saturated rings. The molecule has 110 valence electrons. The van der Waals surface area contributed by atoms with Gasteiger partial charge in [-0.2, -0.15) is 0 Å². The Morgan fingerprint density at radius 3 is 2.75 bits per heavy atom. The highest BCUT2D eigenvalue weighted by Crippen LogP contribution is 2.40. The first-order valence-electron chi connectivity index (χ1n) is 8.37. The fraction of sp³-hybridized carbons (Fsp3) is 0.667. The monoisotopic (exact) mass is 272 g/mol. The molecular formula is C18H28N2. The smallest absolute Gasteiger partial charge is 0.0570 e. The van der Waals surface area contributed by atoms with Crippen molar-refractivity contribution in [3.63, 3.8) is 0 Å². The first-order chi connectivity index (χ1) is 9.75. The van der Waals surface area contributed by atoms with Crippen molar-refractivity contribution in [2.45, 2.75) is 63.5 Å². The molecule has 2 heteroatoms. The number of fused-ring (bicyclic) bond motifs is 1. The van der Waals surface area contributed by atoms with Gasteiger partial charge in [-0.25, -0.2) is 0 Å². The number of nitrogens with two attached hydrogens (primary N) is 1. The number of hydrogen-bond donors (Lipinski definition) is 1. The fourth-order valence-corrected chi connectivity index (χ4v) is 4.25. The Labute approximate surface area is 123 Å². The quantitative estimate of drug-likeness (QED) is 0.909. The molecule has 1 heterocycles. The van der Waals surface area contributed by atoms with Crippen molar-refractivity contribution in [3.8, 4) is 0 Å². The molecule has 0 saturated carbocycles. The maximum absolute atomic E-state index is 7.04. The fourth-order valence-electron chi connectivity index (χ4n) is 4.25. The first kappa shape index (κ1) is 14.1. The van der Waals surface area contributed by atoms with E-state index in [0.717, 1.165) is 6.42 Å². The standard InChI is InChI=1S/C18H28N2/c1-2-3-12-18(19)16-9-5-4-8-15(16)10-11-17(18)20-13-6-7-14-20/h4-5,8-9,17H,2-3,6-7,10-14,19H2,1H3. The van der Waals surface area contributed by atoms with Gasteiger partial charge >= 0.3 is 0 Å². The van der Waals surface area contributed by atoms with Gasteiger partial charge in [0.15, 0.2) is 0 Å². The van der Waals surface area contributed by atoms with Crippen LogP contribution in [-0.2, 0) is 12.0 Å². The predicted molar refractivity (Wildman–Crippen MR) is 84.7 cm³/mol. The molecule has 1 aromatic carbocycles. The number of likely N-dealkylation sites (tertiary alicyclic amines) is 1. The molecule has 0 spiro atoms. The van der Waals surface area contributed by atoms with E-state index in [4.69, 9.17) is 5.73 Å². The number of aryl methyl sites for hydroxylation is 1. The first-order valence-corrected chi connectivity index (χ1v) is 8.37. The summed E-state index contributed by atoms with van der Waals surface area (Å²) in [5.41, 5.74) is 9.82. The molecule has 1 aromatic rings. The average Bonchev–Trinajstić information content (AvgIpc) is 3.00. The minimum Gasteiger partial charge on any atom is -0.320 e. The van der Waals surface area contributed by atoms with Crippen LogP contribution in [0, 0.1) is 0 Å². The molecule has 2 unspecified atom stereocenters. The number of unbranched alkanes of at least 4 members (excludes halogenated alkanes) is 1. The molecule has 1 aliphatic heterocycles. The number of nitrogens with zero attached hydrogens (tertiary/aromatic N) is 1. The molecule has 2 nitrogen and oxygen atoms in total. The third kappa shape index (κ3) is 2.40. The summed E-state index contributed by atoms with van der Waals surface area (Å²) in [5, 5.41) is 0. The van der Waals surface area contributed by atoms with Gasteiger partial charge in [-0.05, 0) is 56.3 Å². The van der Waals surface area contributed by atoms with Crippen LogP contribution in [0.5, 0.6) is 0 Å². The molecule has 0 bridgehead atoms. The number of hydrogen-bond acceptors (Lipinski definition) is 2. The maximum atomic E-state index is 7.04. The van der Waals surface area contributed by atoms with E-state index in [1.807, 2.05) is 0 Å². The Morgan fingerprint density at radius 1 is 1.25 bits per heavy atom. The molecular weight excluding hydrogens is 244 g/mol. The second kappa shape index (κ2) is 5.87. The summed E-state index contributed by atoms with van der Waals surface area (Å²) >= 11 is 0. The molecule has 3 rings (SSSR count). The summed E-state index contributed by atoms with van der Waals surface area (Å²) in [6.45, 7) is 4.76. The predicted octanol–water partition coefficient (Wildman–Crippen LogP) is 3.44. The number of rotatable bonds is 4. The van der Waals surface area contributed by atoms with Crippen LogP contribution in [0.15, 0.2) is 24.3 Å². The summed E-state index contributed by atoms with van der Waals surface area (Å²) in [6, 6.07) is 9.44. The zero-order valence-corrected chi connectivity index (χ0v) is 12.8. The summed E-state index contributed by atoms with van der Waals surface area (Å²) in [5.74, 6) is 0. The van der Waals surface area contributed by atoms with E-state index in [0.29, 0.717) is 6.04 Å². The highest BCUT2D eigenvalue weighted by molar-refractivity contribution is 5.38. The van der Waals surface area contributed by atoms with Crippen molar-refractivity contribution in [1.29, 1.82) is 0 Å². The lowest BCUT2D eigenvalue weighted by Crippen LogP contribution is -2.57. The van der Waals surface area contributed by atoms with Gasteiger partial charge in [-0.3, -0.25) is 4.90 Å². The highest BCUT2D eigenvalue weighted by Gasteiger charge is 2.43. The van der Waals surface area contributed by atoms with Crippen LogP contribution in [0.4, 0.5) is 0 Å². The van der Waals surface area contributed by atoms with Crippen molar-refractivity contribution in [2.24, 2.45) is 5.73 Å². The van der Waals surface area contributed by atoms with E-state index in [1.54, 1.807) is 0 Å². The summed E-state index contributed by atoms with van der Waals surface area (Å²) in [6.07, 6.45) is 8.72.